The van der Waals surface area contributed by atoms with Gasteiger partial charge in [-0.1, -0.05) is 6.92 Å². The van der Waals surface area contributed by atoms with E-state index < -0.39 is 6.10 Å². The van der Waals surface area contributed by atoms with Crippen LogP contribution >= 0.6 is 0 Å². The lowest BCUT2D eigenvalue weighted by molar-refractivity contribution is 0.174. The van der Waals surface area contributed by atoms with Crippen LogP contribution in [0.25, 0.3) is 0 Å². The molecule has 0 spiro atoms. The van der Waals surface area contributed by atoms with E-state index in [0.29, 0.717) is 12.0 Å². The number of rotatable bonds is 0. The van der Waals surface area contributed by atoms with Gasteiger partial charge in [-0.15, -0.1) is 0 Å². The molecule has 0 unspecified atom stereocenters. The zero-order valence-electron chi connectivity index (χ0n) is 7.70. The van der Waals surface area contributed by atoms with Crippen molar-refractivity contribution in [1.82, 2.24) is 0 Å². The molecule has 0 fully saturated rings. The van der Waals surface area contributed by atoms with Gasteiger partial charge >= 0.3 is 5.63 Å². The van der Waals surface area contributed by atoms with Crippen LogP contribution in [0.15, 0.2) is 15.5 Å². The van der Waals surface area contributed by atoms with Crippen molar-refractivity contribution in [2.24, 2.45) is 0 Å². The van der Waals surface area contributed by atoms with Gasteiger partial charge in [0.1, 0.15) is 0 Å². The van der Waals surface area contributed by atoms with E-state index in [1.165, 1.54) is 6.26 Å². The van der Waals surface area contributed by atoms with E-state index in [9.17, 15) is 9.90 Å². The van der Waals surface area contributed by atoms with Crippen molar-refractivity contribution < 1.29 is 9.52 Å². The summed E-state index contributed by atoms with van der Waals surface area (Å²) in [5.41, 5.74) is 2.01. The van der Waals surface area contributed by atoms with Gasteiger partial charge in [0.25, 0.3) is 0 Å². The van der Waals surface area contributed by atoms with Crippen molar-refractivity contribution in [2.75, 3.05) is 0 Å². The van der Waals surface area contributed by atoms with Crippen LogP contribution in [0.3, 0.4) is 0 Å². The quantitative estimate of drug-likeness (QED) is 0.658. The molecule has 0 aliphatic heterocycles. The molecule has 2 atom stereocenters. The van der Waals surface area contributed by atoms with Crippen LogP contribution in [-0.4, -0.2) is 5.11 Å². The molecule has 3 nitrogen and oxygen atoms in total. The molecule has 1 aliphatic carbocycles. The first kappa shape index (κ1) is 8.51. The maximum atomic E-state index is 11.3. The van der Waals surface area contributed by atoms with Crippen LogP contribution in [0, 0.1) is 6.92 Å². The molecule has 3 heteroatoms. The number of hydrogen-bond acceptors (Lipinski definition) is 3. The molecule has 70 valence electrons. The highest BCUT2D eigenvalue weighted by atomic mass is 16.4. The zero-order chi connectivity index (χ0) is 9.59. The third kappa shape index (κ3) is 1.11. The maximum Gasteiger partial charge on any atom is 0.339 e. The molecule has 2 rings (SSSR count). The van der Waals surface area contributed by atoms with Crippen LogP contribution in [0.5, 0.6) is 0 Å². The lowest BCUT2D eigenvalue weighted by atomic mass is 10.0. The highest BCUT2D eigenvalue weighted by Crippen LogP contribution is 2.39. The summed E-state index contributed by atoms with van der Waals surface area (Å²) in [5.74, 6) is 0.112. The summed E-state index contributed by atoms with van der Waals surface area (Å²) >= 11 is 0. The maximum absolute atomic E-state index is 11.3. The summed E-state index contributed by atoms with van der Waals surface area (Å²) in [6.45, 7) is 3.79. The lowest BCUT2D eigenvalue weighted by Gasteiger charge is -2.05. The lowest BCUT2D eigenvalue weighted by Crippen LogP contribution is -2.09. The predicted molar refractivity (Wildman–Crippen MR) is 47.7 cm³/mol. The topological polar surface area (TPSA) is 50.4 Å². The minimum absolute atomic E-state index is 0.112. The minimum atomic E-state index is -0.492. The molecule has 1 aliphatic rings. The van der Waals surface area contributed by atoms with Gasteiger partial charge in [0.2, 0.25) is 0 Å². The second-order valence-corrected chi connectivity index (χ2v) is 3.69. The van der Waals surface area contributed by atoms with E-state index >= 15 is 0 Å². The number of aliphatic hydroxyl groups excluding tert-OH is 1. The van der Waals surface area contributed by atoms with Gasteiger partial charge in [0.05, 0.1) is 12.4 Å². The third-order valence-corrected chi connectivity index (χ3v) is 2.68. The standard InChI is InChI=1S/C10H12O3/c1-5-3-7(11)8-6(2)4-13-10(12)9(5)8/h4-5,7,11H,3H2,1-2H3/t5-,7+/m0/s1. The molecule has 0 saturated heterocycles. The summed E-state index contributed by atoms with van der Waals surface area (Å²) < 4.78 is 4.85. The van der Waals surface area contributed by atoms with Crippen molar-refractivity contribution in [1.29, 1.82) is 0 Å². The molecule has 1 heterocycles. The van der Waals surface area contributed by atoms with Gasteiger partial charge in [0, 0.05) is 5.56 Å². The van der Waals surface area contributed by atoms with Crippen molar-refractivity contribution >= 4 is 0 Å². The summed E-state index contributed by atoms with van der Waals surface area (Å²) in [4.78, 5) is 11.3. The summed E-state index contributed by atoms with van der Waals surface area (Å²) in [7, 11) is 0. The van der Waals surface area contributed by atoms with Gasteiger partial charge < -0.3 is 9.52 Å². The van der Waals surface area contributed by atoms with Gasteiger partial charge in [0.15, 0.2) is 0 Å². The normalized spacial score (nSPS) is 26.1. The summed E-state index contributed by atoms with van der Waals surface area (Å²) in [6, 6.07) is 0. The van der Waals surface area contributed by atoms with E-state index in [1.807, 2.05) is 13.8 Å². The van der Waals surface area contributed by atoms with Gasteiger partial charge in [-0.25, -0.2) is 4.79 Å². The number of hydrogen-bond donors (Lipinski definition) is 1. The molecule has 0 radical (unpaired) electrons. The molecule has 1 N–H and O–H groups in total. The second kappa shape index (κ2) is 2.70. The van der Waals surface area contributed by atoms with Crippen LogP contribution in [-0.2, 0) is 0 Å². The molecule has 0 aromatic carbocycles. The van der Waals surface area contributed by atoms with Gasteiger partial charge in [-0.05, 0) is 30.4 Å². The highest BCUT2D eigenvalue weighted by molar-refractivity contribution is 5.38. The minimum Gasteiger partial charge on any atom is -0.431 e. The Morgan fingerprint density at radius 1 is 1.54 bits per heavy atom. The zero-order valence-corrected chi connectivity index (χ0v) is 7.70. The molecule has 1 aromatic heterocycles. The molecular formula is C10H12O3. The Morgan fingerprint density at radius 3 is 2.85 bits per heavy atom. The first-order chi connectivity index (χ1) is 6.11. The van der Waals surface area contributed by atoms with E-state index in [-0.39, 0.29) is 11.5 Å². The summed E-state index contributed by atoms with van der Waals surface area (Å²) in [6.07, 6.45) is 1.56. The first-order valence-electron chi connectivity index (χ1n) is 4.41. The van der Waals surface area contributed by atoms with E-state index in [4.69, 9.17) is 4.42 Å². The Labute approximate surface area is 76.0 Å². The van der Waals surface area contributed by atoms with Crippen molar-refractivity contribution in [3.8, 4) is 0 Å². The van der Waals surface area contributed by atoms with Crippen molar-refractivity contribution in [3.05, 3.63) is 33.4 Å². The van der Waals surface area contributed by atoms with E-state index in [2.05, 4.69) is 0 Å². The summed E-state index contributed by atoms with van der Waals surface area (Å²) in [5, 5.41) is 9.68. The monoisotopic (exact) mass is 180 g/mol. The highest BCUT2D eigenvalue weighted by Gasteiger charge is 2.31. The van der Waals surface area contributed by atoms with E-state index in [0.717, 1.165) is 11.1 Å². The fourth-order valence-corrected chi connectivity index (χ4v) is 2.07. The molecule has 0 bridgehead atoms. The van der Waals surface area contributed by atoms with Crippen LogP contribution < -0.4 is 5.63 Å². The van der Waals surface area contributed by atoms with Crippen LogP contribution in [0.1, 0.15) is 42.1 Å². The number of aliphatic hydroxyl groups is 1. The Bertz CT molecular complexity index is 392. The number of aryl methyl sites for hydroxylation is 1. The molecule has 0 amide bonds. The molecule has 1 aromatic rings. The molecule has 13 heavy (non-hydrogen) atoms. The Morgan fingerprint density at radius 2 is 2.23 bits per heavy atom. The Kier molecular flexibility index (Phi) is 1.77. The predicted octanol–water partition coefficient (Wildman–Crippen LogP) is 1.49. The van der Waals surface area contributed by atoms with Gasteiger partial charge in [-0.2, -0.15) is 0 Å². The van der Waals surface area contributed by atoms with E-state index in [1.54, 1.807) is 0 Å². The first-order valence-corrected chi connectivity index (χ1v) is 4.41. The average Bonchev–Trinajstić information content (AvgIpc) is 2.36. The van der Waals surface area contributed by atoms with Crippen LogP contribution in [0.4, 0.5) is 0 Å². The smallest absolute Gasteiger partial charge is 0.339 e. The fraction of sp³-hybridized carbons (Fsp3) is 0.500. The van der Waals surface area contributed by atoms with Crippen molar-refractivity contribution in [3.63, 3.8) is 0 Å². The Hall–Kier alpha value is -1.09. The van der Waals surface area contributed by atoms with Crippen LogP contribution in [0.2, 0.25) is 0 Å². The fourth-order valence-electron chi connectivity index (χ4n) is 2.07. The second-order valence-electron chi connectivity index (χ2n) is 3.69. The average molecular weight is 180 g/mol. The molecular weight excluding hydrogens is 168 g/mol. The van der Waals surface area contributed by atoms with Gasteiger partial charge in [-0.3, -0.25) is 0 Å². The third-order valence-electron chi connectivity index (χ3n) is 2.68. The largest absolute Gasteiger partial charge is 0.431 e. The van der Waals surface area contributed by atoms with Crippen molar-refractivity contribution in [2.45, 2.75) is 32.3 Å². The SMILES string of the molecule is Cc1coc(=O)c2c1[C@H](O)C[C@@H]2C. The molecule has 0 saturated carbocycles. The Balaban J connectivity index is 2.74. The number of fused-ring (bicyclic) bond motifs is 1.